The second-order valence-corrected chi connectivity index (χ2v) is 7.82. The fourth-order valence-corrected chi connectivity index (χ4v) is 3.72. The summed E-state index contributed by atoms with van der Waals surface area (Å²) in [6.07, 6.45) is 3.19. The molecule has 1 atom stereocenters. The van der Waals surface area contributed by atoms with Gasteiger partial charge in [-0.25, -0.2) is 15.0 Å². The number of anilines is 1. The first-order valence-electron chi connectivity index (χ1n) is 10.2. The van der Waals surface area contributed by atoms with Crippen molar-refractivity contribution in [3.8, 4) is 0 Å². The molecule has 0 aliphatic carbocycles. The molecule has 0 saturated heterocycles. The number of nitrogens with zero attached hydrogens (tertiary/aromatic N) is 5. The predicted molar refractivity (Wildman–Crippen MR) is 125 cm³/mol. The molecular formula is C23H23ClN6O2. The Hall–Kier alpha value is -3.36. The maximum absolute atomic E-state index is 13.2. The van der Waals surface area contributed by atoms with Gasteiger partial charge in [-0.1, -0.05) is 23.7 Å². The topological polar surface area (TPSA) is 93.1 Å². The minimum atomic E-state index is -0.255. The summed E-state index contributed by atoms with van der Waals surface area (Å²) in [5.74, 6) is 0.379. The van der Waals surface area contributed by atoms with Crippen molar-refractivity contribution < 1.29 is 9.53 Å². The largest absolute Gasteiger partial charge is 0.383 e. The molecule has 4 rings (SSSR count). The van der Waals surface area contributed by atoms with E-state index < -0.39 is 0 Å². The standard InChI is InChI=1S/C23H23ClN6O2/c1-14(28-22-20-17(26-13-27-22)8-5-9-25-20)18-12-15-6-4-7-16(24)19(15)21(29-18)23(31)30(2)10-11-32-3/h4-9,12-14H,10-11H2,1-3H3,(H,26,27,28). The number of hydrogen-bond donors (Lipinski definition) is 1. The lowest BCUT2D eigenvalue weighted by atomic mass is 10.0. The maximum atomic E-state index is 13.2. The van der Waals surface area contributed by atoms with Crippen molar-refractivity contribution in [2.24, 2.45) is 0 Å². The highest BCUT2D eigenvalue weighted by molar-refractivity contribution is 6.36. The van der Waals surface area contributed by atoms with Crippen LogP contribution in [0.15, 0.2) is 48.9 Å². The van der Waals surface area contributed by atoms with Crippen molar-refractivity contribution >= 4 is 45.1 Å². The number of rotatable bonds is 7. The van der Waals surface area contributed by atoms with E-state index in [2.05, 4.69) is 20.3 Å². The van der Waals surface area contributed by atoms with E-state index in [1.807, 2.05) is 37.3 Å². The van der Waals surface area contributed by atoms with Crippen LogP contribution in [-0.4, -0.2) is 58.1 Å². The highest BCUT2D eigenvalue weighted by atomic mass is 35.5. The molecule has 1 N–H and O–H groups in total. The van der Waals surface area contributed by atoms with E-state index in [1.165, 1.54) is 6.33 Å². The fourth-order valence-electron chi connectivity index (χ4n) is 3.45. The second kappa shape index (κ2) is 9.42. The van der Waals surface area contributed by atoms with Crippen LogP contribution in [0, 0.1) is 0 Å². The van der Waals surface area contributed by atoms with E-state index in [0.29, 0.717) is 46.3 Å². The number of likely N-dealkylation sites (N-methyl/N-ethyl adjacent to an activating group) is 1. The van der Waals surface area contributed by atoms with Gasteiger partial charge >= 0.3 is 0 Å². The number of hydrogen-bond acceptors (Lipinski definition) is 7. The number of carbonyl (C=O) groups excluding carboxylic acids is 1. The Morgan fingerprint density at radius 3 is 2.88 bits per heavy atom. The van der Waals surface area contributed by atoms with E-state index in [0.717, 1.165) is 10.9 Å². The molecule has 0 fully saturated rings. The first kappa shape index (κ1) is 21.9. The minimum Gasteiger partial charge on any atom is -0.383 e. The average molecular weight is 451 g/mol. The Morgan fingerprint density at radius 2 is 2.06 bits per heavy atom. The average Bonchev–Trinajstić information content (AvgIpc) is 2.81. The highest BCUT2D eigenvalue weighted by Crippen LogP contribution is 2.30. The number of aromatic nitrogens is 4. The molecule has 3 aromatic heterocycles. The number of benzene rings is 1. The second-order valence-electron chi connectivity index (χ2n) is 7.41. The van der Waals surface area contributed by atoms with E-state index >= 15 is 0 Å². The van der Waals surface area contributed by atoms with Crippen molar-refractivity contribution in [3.05, 3.63) is 65.3 Å². The van der Waals surface area contributed by atoms with Crippen LogP contribution >= 0.6 is 11.6 Å². The zero-order valence-electron chi connectivity index (χ0n) is 18.0. The molecule has 4 aromatic rings. The van der Waals surface area contributed by atoms with Crippen molar-refractivity contribution in [2.75, 3.05) is 32.6 Å². The number of fused-ring (bicyclic) bond motifs is 2. The molecule has 1 aromatic carbocycles. The summed E-state index contributed by atoms with van der Waals surface area (Å²) in [5.41, 5.74) is 2.40. The predicted octanol–water partition coefficient (Wildman–Crippen LogP) is 4.12. The van der Waals surface area contributed by atoms with Crippen LogP contribution in [0.25, 0.3) is 21.8 Å². The first-order chi connectivity index (χ1) is 15.5. The summed E-state index contributed by atoms with van der Waals surface area (Å²) in [7, 11) is 3.32. The van der Waals surface area contributed by atoms with Gasteiger partial charge in [-0.2, -0.15) is 0 Å². The third-order valence-corrected chi connectivity index (χ3v) is 5.51. The molecule has 0 spiro atoms. The number of ether oxygens (including phenoxy) is 1. The third-order valence-electron chi connectivity index (χ3n) is 5.20. The molecule has 8 nitrogen and oxygen atoms in total. The van der Waals surface area contributed by atoms with Gasteiger partial charge in [0, 0.05) is 32.3 Å². The van der Waals surface area contributed by atoms with Crippen LogP contribution in [-0.2, 0) is 4.74 Å². The molecule has 1 unspecified atom stereocenters. The van der Waals surface area contributed by atoms with E-state index in [1.54, 1.807) is 31.3 Å². The third kappa shape index (κ3) is 4.32. The zero-order chi connectivity index (χ0) is 22.7. The summed E-state index contributed by atoms with van der Waals surface area (Å²) < 4.78 is 5.10. The van der Waals surface area contributed by atoms with Crippen LogP contribution in [0.2, 0.25) is 5.02 Å². The summed E-state index contributed by atoms with van der Waals surface area (Å²) in [6, 6.07) is 10.9. The van der Waals surface area contributed by atoms with Crippen molar-refractivity contribution in [3.63, 3.8) is 0 Å². The summed E-state index contributed by atoms with van der Waals surface area (Å²) in [4.78, 5) is 32.5. The lowest BCUT2D eigenvalue weighted by molar-refractivity contribution is 0.0740. The number of methoxy groups -OCH3 is 1. The molecule has 0 aliphatic rings. The molecule has 0 saturated carbocycles. The van der Waals surface area contributed by atoms with Gasteiger partial charge in [0.1, 0.15) is 17.5 Å². The fraction of sp³-hybridized carbons (Fsp3) is 0.261. The summed E-state index contributed by atoms with van der Waals surface area (Å²) >= 11 is 6.47. The molecule has 0 bridgehead atoms. The monoisotopic (exact) mass is 450 g/mol. The van der Waals surface area contributed by atoms with Gasteiger partial charge in [0.2, 0.25) is 0 Å². The molecule has 0 radical (unpaired) electrons. The van der Waals surface area contributed by atoms with Gasteiger partial charge < -0.3 is 15.0 Å². The maximum Gasteiger partial charge on any atom is 0.272 e. The Morgan fingerprint density at radius 1 is 1.22 bits per heavy atom. The van der Waals surface area contributed by atoms with Crippen LogP contribution in [0.1, 0.15) is 29.1 Å². The molecule has 3 heterocycles. The first-order valence-corrected chi connectivity index (χ1v) is 10.5. The van der Waals surface area contributed by atoms with E-state index in [4.69, 9.17) is 21.3 Å². The lowest BCUT2D eigenvalue weighted by Gasteiger charge is -2.20. The van der Waals surface area contributed by atoms with Gasteiger partial charge in [-0.3, -0.25) is 9.78 Å². The molecule has 0 aliphatic heterocycles. The Bertz CT molecular complexity index is 1280. The normalized spacial score (nSPS) is 12.1. The number of carbonyl (C=O) groups is 1. The van der Waals surface area contributed by atoms with Gasteiger partial charge in [0.25, 0.3) is 5.91 Å². The number of halogens is 1. The van der Waals surface area contributed by atoms with E-state index in [9.17, 15) is 4.79 Å². The zero-order valence-corrected chi connectivity index (χ0v) is 18.8. The number of pyridine rings is 2. The minimum absolute atomic E-state index is 0.219. The van der Waals surface area contributed by atoms with Crippen molar-refractivity contribution in [2.45, 2.75) is 13.0 Å². The molecule has 32 heavy (non-hydrogen) atoms. The smallest absolute Gasteiger partial charge is 0.272 e. The van der Waals surface area contributed by atoms with Crippen LogP contribution < -0.4 is 5.32 Å². The Labute approximate surface area is 190 Å². The quantitative estimate of drug-likeness (QED) is 0.452. The molecule has 164 valence electrons. The summed E-state index contributed by atoms with van der Waals surface area (Å²) in [5, 5.41) is 5.31. The van der Waals surface area contributed by atoms with E-state index in [-0.39, 0.29) is 11.9 Å². The number of amides is 1. The van der Waals surface area contributed by atoms with Crippen molar-refractivity contribution in [1.29, 1.82) is 0 Å². The molecular weight excluding hydrogens is 428 g/mol. The molecule has 1 amide bonds. The SMILES string of the molecule is COCCN(C)C(=O)c1nc(C(C)Nc2ncnc3cccnc23)cc2cccc(Cl)c12. The lowest BCUT2D eigenvalue weighted by Crippen LogP contribution is -2.31. The van der Waals surface area contributed by atoms with Crippen molar-refractivity contribution in [1.82, 2.24) is 24.8 Å². The van der Waals surface area contributed by atoms with Crippen LogP contribution in [0.5, 0.6) is 0 Å². The van der Waals surface area contributed by atoms with Gasteiger partial charge in [0.15, 0.2) is 5.82 Å². The molecule has 9 heteroatoms. The highest BCUT2D eigenvalue weighted by Gasteiger charge is 2.21. The van der Waals surface area contributed by atoms with Gasteiger partial charge in [-0.05, 0) is 36.6 Å². The Balaban J connectivity index is 1.75. The van der Waals surface area contributed by atoms with Crippen LogP contribution in [0.3, 0.4) is 0 Å². The van der Waals surface area contributed by atoms with Gasteiger partial charge in [-0.15, -0.1) is 0 Å². The van der Waals surface area contributed by atoms with Gasteiger partial charge in [0.05, 0.1) is 28.9 Å². The Kier molecular flexibility index (Phi) is 6.43. The van der Waals surface area contributed by atoms with Crippen LogP contribution in [0.4, 0.5) is 5.82 Å². The number of nitrogens with one attached hydrogen (secondary N) is 1. The summed E-state index contributed by atoms with van der Waals surface area (Å²) in [6.45, 7) is 2.83.